The number of carbonyl (C=O) groups is 2. The van der Waals surface area contributed by atoms with Crippen LogP contribution in [0.5, 0.6) is 0 Å². The first-order chi connectivity index (χ1) is 9.67. The van der Waals surface area contributed by atoms with Gasteiger partial charge in [0, 0.05) is 4.88 Å². The maximum atomic E-state index is 11.7. The third kappa shape index (κ3) is 4.16. The number of rotatable bonds is 6. The van der Waals surface area contributed by atoms with Crippen molar-refractivity contribution in [2.75, 3.05) is 11.9 Å². The monoisotopic (exact) mass is 294 g/mol. The summed E-state index contributed by atoms with van der Waals surface area (Å²) in [6, 6.07) is 3.78. The highest BCUT2D eigenvalue weighted by molar-refractivity contribution is 7.10. The quantitative estimate of drug-likeness (QED) is 0.806. The highest BCUT2D eigenvalue weighted by atomic mass is 32.1. The van der Waals surface area contributed by atoms with E-state index in [4.69, 9.17) is 4.74 Å². The molecule has 0 saturated carbocycles. The van der Waals surface area contributed by atoms with E-state index < -0.39 is 5.97 Å². The average Bonchev–Trinajstić information content (AvgIpc) is 3.02. The Kier molecular flexibility index (Phi) is 4.83. The Balaban J connectivity index is 1.86. The van der Waals surface area contributed by atoms with Crippen LogP contribution in [0.3, 0.4) is 0 Å². The van der Waals surface area contributed by atoms with E-state index in [2.05, 4.69) is 15.6 Å². The van der Waals surface area contributed by atoms with Crippen LogP contribution in [0.25, 0.3) is 0 Å². The molecule has 1 amide bonds. The Morgan fingerprint density at radius 1 is 1.50 bits per heavy atom. The van der Waals surface area contributed by atoms with E-state index in [-0.39, 0.29) is 12.5 Å². The molecule has 0 aromatic carbocycles. The van der Waals surface area contributed by atoms with E-state index in [9.17, 15) is 9.59 Å². The minimum Gasteiger partial charge on any atom is -0.465 e. The Morgan fingerprint density at radius 3 is 3.05 bits per heavy atom. The Labute approximate surface area is 119 Å². The van der Waals surface area contributed by atoms with E-state index in [1.54, 1.807) is 6.92 Å². The van der Waals surface area contributed by atoms with Gasteiger partial charge in [0.15, 0.2) is 5.82 Å². The first-order valence-electron chi connectivity index (χ1n) is 6.05. The van der Waals surface area contributed by atoms with Crippen molar-refractivity contribution >= 4 is 29.0 Å². The number of anilines is 1. The molecule has 0 aliphatic rings. The molecule has 2 aromatic rings. The Morgan fingerprint density at radius 2 is 2.35 bits per heavy atom. The van der Waals surface area contributed by atoms with Crippen molar-refractivity contribution < 1.29 is 14.3 Å². The van der Waals surface area contributed by atoms with Crippen molar-refractivity contribution in [1.29, 1.82) is 0 Å². The molecule has 0 saturated heterocycles. The van der Waals surface area contributed by atoms with E-state index >= 15 is 0 Å². The van der Waals surface area contributed by atoms with Crippen LogP contribution < -0.4 is 5.32 Å². The molecular formula is C12H14N4O3S. The van der Waals surface area contributed by atoms with Gasteiger partial charge >= 0.3 is 5.97 Å². The van der Waals surface area contributed by atoms with Gasteiger partial charge in [-0.15, -0.1) is 16.4 Å². The van der Waals surface area contributed by atoms with Crippen molar-refractivity contribution in [3.8, 4) is 0 Å². The fourth-order valence-electron chi connectivity index (χ4n) is 1.53. The summed E-state index contributed by atoms with van der Waals surface area (Å²) in [5.41, 5.74) is 0. The maximum absolute atomic E-state index is 11.7. The first kappa shape index (κ1) is 14.2. The molecule has 8 heteroatoms. The number of nitrogens with one attached hydrogen (secondary N) is 1. The van der Waals surface area contributed by atoms with Crippen LogP contribution in [-0.2, 0) is 27.3 Å². The predicted molar refractivity (Wildman–Crippen MR) is 73.3 cm³/mol. The summed E-state index contributed by atoms with van der Waals surface area (Å²) < 4.78 is 6.11. The van der Waals surface area contributed by atoms with E-state index in [1.807, 2.05) is 17.5 Å². The number of hydrogen-bond acceptors (Lipinski definition) is 6. The molecule has 7 nitrogen and oxygen atoms in total. The smallest absolute Gasteiger partial charge is 0.327 e. The molecule has 0 bridgehead atoms. The lowest BCUT2D eigenvalue weighted by molar-refractivity contribution is -0.144. The fourth-order valence-corrected chi connectivity index (χ4v) is 2.23. The number of esters is 1. The zero-order chi connectivity index (χ0) is 14.4. The number of amides is 1. The largest absolute Gasteiger partial charge is 0.465 e. The van der Waals surface area contributed by atoms with Gasteiger partial charge in [-0.2, -0.15) is 0 Å². The van der Waals surface area contributed by atoms with Crippen molar-refractivity contribution in [2.45, 2.75) is 19.9 Å². The number of thiophene rings is 1. The normalized spacial score (nSPS) is 10.2. The summed E-state index contributed by atoms with van der Waals surface area (Å²) in [5.74, 6) is -0.250. The fraction of sp³-hybridized carbons (Fsp3) is 0.333. The molecule has 2 heterocycles. The molecule has 0 unspecified atom stereocenters. The van der Waals surface area contributed by atoms with E-state index in [0.717, 1.165) is 4.88 Å². The van der Waals surface area contributed by atoms with Gasteiger partial charge in [-0.25, -0.2) is 4.68 Å². The Bertz CT molecular complexity index is 579. The van der Waals surface area contributed by atoms with Crippen molar-refractivity contribution in [3.05, 3.63) is 28.6 Å². The number of carbonyl (C=O) groups excluding carboxylic acids is 2. The Hall–Kier alpha value is -2.22. The van der Waals surface area contributed by atoms with Crippen LogP contribution in [0.1, 0.15) is 11.8 Å². The topological polar surface area (TPSA) is 86.1 Å². The molecule has 0 fully saturated rings. The minimum atomic E-state index is -0.395. The molecule has 0 radical (unpaired) electrons. The number of aromatic nitrogens is 3. The maximum Gasteiger partial charge on any atom is 0.327 e. The molecule has 2 aromatic heterocycles. The molecule has 0 aliphatic heterocycles. The van der Waals surface area contributed by atoms with Crippen molar-refractivity contribution in [1.82, 2.24) is 15.0 Å². The van der Waals surface area contributed by atoms with Gasteiger partial charge in [0.05, 0.1) is 19.2 Å². The zero-order valence-corrected chi connectivity index (χ0v) is 11.7. The molecule has 0 spiro atoms. The highest BCUT2D eigenvalue weighted by Gasteiger charge is 2.09. The SMILES string of the molecule is CCOC(=O)Cn1cc(NC(=O)Cc2cccs2)nn1. The lowest BCUT2D eigenvalue weighted by Crippen LogP contribution is -2.14. The molecule has 2 rings (SSSR count). The van der Waals surface area contributed by atoms with Gasteiger partial charge in [0.1, 0.15) is 6.54 Å². The number of hydrogen-bond donors (Lipinski definition) is 1. The standard InChI is InChI=1S/C12H14N4O3S/c1-2-19-12(18)8-16-7-10(14-15-16)13-11(17)6-9-4-3-5-20-9/h3-5,7H,2,6,8H2,1H3,(H,13,17). The van der Waals surface area contributed by atoms with Crippen molar-refractivity contribution in [3.63, 3.8) is 0 Å². The van der Waals surface area contributed by atoms with Gasteiger partial charge in [0.25, 0.3) is 0 Å². The van der Waals surface area contributed by atoms with Gasteiger partial charge in [-0.05, 0) is 18.4 Å². The predicted octanol–water partition coefficient (Wildman–Crippen LogP) is 1.08. The van der Waals surface area contributed by atoms with Gasteiger partial charge in [-0.3, -0.25) is 9.59 Å². The third-order valence-electron chi connectivity index (χ3n) is 2.32. The third-order valence-corrected chi connectivity index (χ3v) is 3.19. The van der Waals surface area contributed by atoms with E-state index in [0.29, 0.717) is 18.8 Å². The second-order valence-corrected chi connectivity index (χ2v) is 4.94. The van der Waals surface area contributed by atoms with Crippen LogP contribution in [-0.4, -0.2) is 33.5 Å². The summed E-state index contributed by atoms with van der Waals surface area (Å²) in [6.07, 6.45) is 1.78. The van der Waals surface area contributed by atoms with Crippen LogP contribution in [0, 0.1) is 0 Å². The summed E-state index contributed by atoms with van der Waals surface area (Å²) in [4.78, 5) is 24.0. The molecule has 0 atom stereocenters. The average molecular weight is 294 g/mol. The summed E-state index contributed by atoms with van der Waals surface area (Å²) in [7, 11) is 0. The number of ether oxygens (including phenoxy) is 1. The zero-order valence-electron chi connectivity index (χ0n) is 10.9. The second kappa shape index (κ2) is 6.80. The van der Waals surface area contributed by atoms with E-state index in [1.165, 1.54) is 22.2 Å². The molecule has 20 heavy (non-hydrogen) atoms. The summed E-state index contributed by atoms with van der Waals surface area (Å²) in [5, 5.41) is 12.1. The summed E-state index contributed by atoms with van der Waals surface area (Å²) in [6.45, 7) is 2.02. The highest BCUT2D eigenvalue weighted by Crippen LogP contribution is 2.10. The van der Waals surface area contributed by atoms with Crippen LogP contribution in [0.4, 0.5) is 5.82 Å². The lowest BCUT2D eigenvalue weighted by Gasteiger charge is -2.00. The molecule has 1 N–H and O–H groups in total. The van der Waals surface area contributed by atoms with Crippen LogP contribution >= 0.6 is 11.3 Å². The van der Waals surface area contributed by atoms with Gasteiger partial charge in [0.2, 0.25) is 5.91 Å². The first-order valence-corrected chi connectivity index (χ1v) is 6.93. The van der Waals surface area contributed by atoms with Gasteiger partial charge in [-0.1, -0.05) is 11.3 Å². The second-order valence-electron chi connectivity index (χ2n) is 3.91. The molecule has 0 aliphatic carbocycles. The molecule has 106 valence electrons. The summed E-state index contributed by atoms with van der Waals surface area (Å²) >= 11 is 1.52. The molecular weight excluding hydrogens is 280 g/mol. The lowest BCUT2D eigenvalue weighted by atomic mass is 10.3. The van der Waals surface area contributed by atoms with Crippen LogP contribution in [0.2, 0.25) is 0 Å². The van der Waals surface area contributed by atoms with Crippen LogP contribution in [0.15, 0.2) is 23.7 Å². The minimum absolute atomic E-state index is 0.0262. The van der Waals surface area contributed by atoms with Gasteiger partial charge < -0.3 is 10.1 Å². The van der Waals surface area contributed by atoms with Crippen molar-refractivity contribution in [2.24, 2.45) is 0 Å². The number of nitrogens with zero attached hydrogens (tertiary/aromatic N) is 3.